The number of halogens is 5. The van der Waals surface area contributed by atoms with Crippen LogP contribution in [0.2, 0.25) is 0 Å². The maximum atomic E-state index is 13.0. The number of hydrogen-bond acceptors (Lipinski definition) is 4. The van der Waals surface area contributed by atoms with Gasteiger partial charge in [-0.1, -0.05) is 0 Å². The number of ether oxygens (including phenoxy) is 1. The first kappa shape index (κ1) is 14.7. The lowest BCUT2D eigenvalue weighted by Gasteiger charge is -2.08. The second-order valence-corrected chi connectivity index (χ2v) is 3.66. The molecule has 0 N–H and O–H groups in total. The normalized spacial score (nSPS) is 10.6. The standard InChI is InChI=1S/C9H5F5O3S/c1-16-18-2-3(15)17-9-7(13)5(11)4(10)6(12)8(9)14/h2H2,1H3. The minimum absolute atomic E-state index is 0.476. The van der Waals surface area contributed by atoms with E-state index in [1.165, 1.54) is 7.11 Å². The summed E-state index contributed by atoms with van der Waals surface area (Å²) < 4.78 is 72.6. The first-order valence-electron chi connectivity index (χ1n) is 4.27. The van der Waals surface area contributed by atoms with Crippen LogP contribution in [0.1, 0.15) is 0 Å². The Bertz CT molecular complexity index is 451. The van der Waals surface area contributed by atoms with Crippen molar-refractivity contribution in [1.29, 1.82) is 0 Å². The summed E-state index contributed by atoms with van der Waals surface area (Å²) in [5, 5.41) is 0. The van der Waals surface area contributed by atoms with Crippen LogP contribution in [0.5, 0.6) is 5.75 Å². The molecule has 1 aromatic rings. The maximum Gasteiger partial charge on any atom is 0.323 e. The van der Waals surface area contributed by atoms with Crippen molar-refractivity contribution in [2.75, 3.05) is 12.9 Å². The van der Waals surface area contributed by atoms with Crippen molar-refractivity contribution < 1.29 is 35.7 Å². The van der Waals surface area contributed by atoms with Crippen LogP contribution in [0.15, 0.2) is 0 Å². The number of esters is 1. The van der Waals surface area contributed by atoms with Crippen LogP contribution in [0.4, 0.5) is 22.0 Å². The molecule has 0 spiro atoms. The van der Waals surface area contributed by atoms with Gasteiger partial charge in [0.05, 0.1) is 7.11 Å². The van der Waals surface area contributed by atoms with E-state index in [2.05, 4.69) is 8.92 Å². The Morgan fingerprint density at radius 1 is 1.00 bits per heavy atom. The number of rotatable bonds is 4. The largest absolute Gasteiger partial charge is 0.419 e. The molecule has 0 saturated heterocycles. The van der Waals surface area contributed by atoms with Gasteiger partial charge in [0.2, 0.25) is 34.8 Å². The molecule has 0 aliphatic carbocycles. The minimum Gasteiger partial charge on any atom is -0.419 e. The summed E-state index contributed by atoms with van der Waals surface area (Å²) in [6, 6.07) is 0. The number of carbonyl (C=O) groups excluding carboxylic acids is 1. The first-order chi connectivity index (χ1) is 8.40. The molecule has 0 atom stereocenters. The van der Waals surface area contributed by atoms with Crippen molar-refractivity contribution in [3.63, 3.8) is 0 Å². The van der Waals surface area contributed by atoms with Gasteiger partial charge in [-0.05, 0) is 0 Å². The Balaban J connectivity index is 3.06. The highest BCUT2D eigenvalue weighted by molar-refractivity contribution is 7.95. The molecule has 0 saturated carbocycles. The van der Waals surface area contributed by atoms with Crippen LogP contribution < -0.4 is 4.74 Å². The van der Waals surface area contributed by atoms with Crippen LogP contribution in [-0.2, 0) is 8.98 Å². The van der Waals surface area contributed by atoms with Gasteiger partial charge in [0.25, 0.3) is 0 Å². The Morgan fingerprint density at radius 2 is 1.44 bits per heavy atom. The summed E-state index contributed by atoms with van der Waals surface area (Å²) in [6.45, 7) is 0. The third-order valence-electron chi connectivity index (χ3n) is 1.68. The lowest BCUT2D eigenvalue weighted by molar-refractivity contribution is -0.131. The predicted molar refractivity (Wildman–Crippen MR) is 51.3 cm³/mol. The molecule has 1 rings (SSSR count). The molecule has 0 bridgehead atoms. The highest BCUT2D eigenvalue weighted by atomic mass is 32.2. The van der Waals surface area contributed by atoms with E-state index in [0.29, 0.717) is 12.0 Å². The van der Waals surface area contributed by atoms with Gasteiger partial charge in [-0.15, -0.1) is 0 Å². The fourth-order valence-electron chi connectivity index (χ4n) is 0.925. The zero-order chi connectivity index (χ0) is 13.9. The molecule has 0 amide bonds. The van der Waals surface area contributed by atoms with Crippen molar-refractivity contribution >= 4 is 18.0 Å². The smallest absolute Gasteiger partial charge is 0.323 e. The fourth-order valence-corrected chi connectivity index (χ4v) is 1.20. The predicted octanol–water partition coefficient (Wildman–Crippen LogP) is 2.58. The molecule has 1 aromatic carbocycles. The molecule has 3 nitrogen and oxygen atoms in total. The SMILES string of the molecule is COSCC(=O)Oc1c(F)c(F)c(F)c(F)c1F. The van der Waals surface area contributed by atoms with Gasteiger partial charge >= 0.3 is 5.97 Å². The van der Waals surface area contributed by atoms with E-state index in [-0.39, 0.29) is 0 Å². The van der Waals surface area contributed by atoms with Crippen LogP contribution in [-0.4, -0.2) is 18.8 Å². The molecule has 100 valence electrons. The second kappa shape index (κ2) is 6.01. The van der Waals surface area contributed by atoms with Crippen LogP contribution in [0, 0.1) is 29.1 Å². The summed E-state index contributed by atoms with van der Waals surface area (Å²) in [5.41, 5.74) is 0. The third kappa shape index (κ3) is 2.91. The van der Waals surface area contributed by atoms with E-state index in [1.54, 1.807) is 0 Å². The molecule has 0 aliphatic rings. The Hall–Kier alpha value is -1.35. The monoisotopic (exact) mass is 288 g/mol. The quantitative estimate of drug-likeness (QED) is 0.213. The molecular weight excluding hydrogens is 283 g/mol. The Labute approximate surface area is 102 Å². The van der Waals surface area contributed by atoms with Gasteiger partial charge in [-0.25, -0.2) is 13.2 Å². The summed E-state index contributed by atoms with van der Waals surface area (Å²) in [4.78, 5) is 11.0. The maximum absolute atomic E-state index is 13.0. The third-order valence-corrected chi connectivity index (χ3v) is 2.27. The molecule has 0 fully saturated rings. The van der Waals surface area contributed by atoms with Crippen molar-refractivity contribution in [2.24, 2.45) is 0 Å². The number of benzene rings is 1. The summed E-state index contributed by atoms with van der Waals surface area (Å²) >= 11 is 0.578. The van der Waals surface area contributed by atoms with Gasteiger partial charge in [0.1, 0.15) is 5.75 Å². The highest BCUT2D eigenvalue weighted by Gasteiger charge is 2.28. The molecule has 18 heavy (non-hydrogen) atoms. The zero-order valence-corrected chi connectivity index (χ0v) is 9.55. The Morgan fingerprint density at radius 3 is 1.89 bits per heavy atom. The van der Waals surface area contributed by atoms with Crippen molar-refractivity contribution in [2.45, 2.75) is 0 Å². The summed E-state index contributed by atoms with van der Waals surface area (Å²) in [6.07, 6.45) is 0. The van der Waals surface area contributed by atoms with Crippen molar-refractivity contribution in [3.8, 4) is 5.75 Å². The molecule has 0 aliphatic heterocycles. The highest BCUT2D eigenvalue weighted by Crippen LogP contribution is 2.29. The molecular formula is C9H5F5O3S. The summed E-state index contributed by atoms with van der Waals surface area (Å²) in [7, 11) is 1.22. The average molecular weight is 288 g/mol. The first-order valence-corrected chi connectivity index (χ1v) is 5.19. The summed E-state index contributed by atoms with van der Waals surface area (Å²) in [5.74, 6) is -14.4. The van der Waals surface area contributed by atoms with Gasteiger partial charge in [0, 0.05) is 12.0 Å². The number of hydrogen-bond donors (Lipinski definition) is 0. The van der Waals surface area contributed by atoms with Crippen LogP contribution in [0.25, 0.3) is 0 Å². The minimum atomic E-state index is -2.32. The van der Waals surface area contributed by atoms with Gasteiger partial charge < -0.3 is 8.92 Å². The van der Waals surface area contributed by atoms with Crippen molar-refractivity contribution in [1.82, 2.24) is 0 Å². The molecule has 9 heteroatoms. The molecule has 0 aromatic heterocycles. The van der Waals surface area contributed by atoms with Crippen LogP contribution in [0.3, 0.4) is 0 Å². The van der Waals surface area contributed by atoms with E-state index in [4.69, 9.17) is 0 Å². The fraction of sp³-hybridized carbons (Fsp3) is 0.222. The lowest BCUT2D eigenvalue weighted by Crippen LogP contribution is -2.15. The lowest BCUT2D eigenvalue weighted by atomic mass is 10.2. The average Bonchev–Trinajstić information content (AvgIpc) is 2.36. The second-order valence-electron chi connectivity index (χ2n) is 2.80. The van der Waals surface area contributed by atoms with Crippen LogP contribution >= 0.6 is 12.0 Å². The Kier molecular flexibility index (Phi) is 4.91. The van der Waals surface area contributed by atoms with E-state index in [1.807, 2.05) is 0 Å². The zero-order valence-electron chi connectivity index (χ0n) is 8.73. The van der Waals surface area contributed by atoms with E-state index in [0.717, 1.165) is 0 Å². The molecule has 0 unspecified atom stereocenters. The van der Waals surface area contributed by atoms with Gasteiger partial charge in [-0.2, -0.15) is 8.78 Å². The van der Waals surface area contributed by atoms with E-state index < -0.39 is 46.6 Å². The van der Waals surface area contributed by atoms with Crippen molar-refractivity contribution in [3.05, 3.63) is 29.1 Å². The molecule has 0 radical (unpaired) electrons. The topological polar surface area (TPSA) is 35.5 Å². The number of carbonyl (C=O) groups is 1. The molecule has 0 heterocycles. The van der Waals surface area contributed by atoms with Gasteiger partial charge in [-0.3, -0.25) is 4.79 Å². The van der Waals surface area contributed by atoms with Gasteiger partial charge in [0.15, 0.2) is 0 Å². The van der Waals surface area contributed by atoms with E-state index >= 15 is 0 Å². The van der Waals surface area contributed by atoms with E-state index in [9.17, 15) is 26.7 Å².